The molecule has 0 unspecified atom stereocenters. The molecule has 3 heteroatoms. The Morgan fingerprint density at radius 2 is 1.67 bits per heavy atom. The molecule has 2 aliphatic rings. The summed E-state index contributed by atoms with van der Waals surface area (Å²) in [5, 5.41) is 0. The van der Waals surface area contributed by atoms with E-state index in [-0.39, 0.29) is 0 Å². The van der Waals surface area contributed by atoms with Crippen molar-refractivity contribution in [2.24, 2.45) is 17.6 Å². The van der Waals surface area contributed by atoms with Crippen molar-refractivity contribution in [1.29, 1.82) is 0 Å². The van der Waals surface area contributed by atoms with Crippen molar-refractivity contribution in [3.05, 3.63) is 0 Å². The van der Waals surface area contributed by atoms with Gasteiger partial charge in [0.2, 0.25) is 5.91 Å². The fourth-order valence-corrected chi connectivity index (χ4v) is 3.43. The van der Waals surface area contributed by atoms with Gasteiger partial charge in [-0.1, -0.05) is 32.1 Å². The van der Waals surface area contributed by atoms with Gasteiger partial charge in [-0.3, -0.25) is 4.79 Å². The molecule has 0 aromatic heterocycles. The molecule has 0 spiro atoms. The number of hydrogen-bond donors (Lipinski definition) is 1. The molecule has 104 valence electrons. The zero-order chi connectivity index (χ0) is 13.0. The van der Waals surface area contributed by atoms with Crippen LogP contribution in [0.15, 0.2) is 0 Å². The number of nitrogens with two attached hydrogens (primary N) is 1. The van der Waals surface area contributed by atoms with Crippen LogP contribution in [0.2, 0.25) is 0 Å². The maximum atomic E-state index is 12.4. The van der Waals surface area contributed by atoms with E-state index in [0.29, 0.717) is 23.8 Å². The first-order valence-electron chi connectivity index (χ1n) is 7.67. The van der Waals surface area contributed by atoms with Gasteiger partial charge in [0, 0.05) is 25.6 Å². The summed E-state index contributed by atoms with van der Waals surface area (Å²) in [5.41, 5.74) is 5.80. The fourth-order valence-electron chi connectivity index (χ4n) is 3.43. The number of carbonyl (C=O) groups excluding carboxylic acids is 1. The molecule has 0 radical (unpaired) electrons. The molecule has 0 aromatic rings. The molecular formula is C15H28N2O. The molecule has 0 heterocycles. The summed E-state index contributed by atoms with van der Waals surface area (Å²) in [6.07, 6.45) is 10.9. The molecule has 2 aliphatic carbocycles. The standard InChI is InChI=1S/C15H28N2O/c1-17(11-12-9-14(16)10-12)15(18)13-7-5-3-2-4-6-8-13/h12-14H,2-11,16H2,1H3. The third-order valence-corrected chi connectivity index (χ3v) is 4.63. The molecule has 0 aliphatic heterocycles. The Labute approximate surface area is 111 Å². The second kappa shape index (κ2) is 6.55. The van der Waals surface area contributed by atoms with E-state index in [1.165, 1.54) is 32.1 Å². The lowest BCUT2D eigenvalue weighted by Gasteiger charge is -2.36. The smallest absolute Gasteiger partial charge is 0.225 e. The minimum atomic E-state index is 0.295. The largest absolute Gasteiger partial charge is 0.345 e. The summed E-state index contributed by atoms with van der Waals surface area (Å²) >= 11 is 0. The number of nitrogens with zero attached hydrogens (tertiary/aromatic N) is 1. The van der Waals surface area contributed by atoms with E-state index >= 15 is 0 Å². The van der Waals surface area contributed by atoms with Gasteiger partial charge in [-0.05, 0) is 31.6 Å². The van der Waals surface area contributed by atoms with Crippen LogP contribution in [0.1, 0.15) is 57.8 Å². The maximum absolute atomic E-state index is 12.4. The lowest BCUT2D eigenvalue weighted by molar-refractivity contribution is -0.135. The van der Waals surface area contributed by atoms with Crippen LogP contribution in [0.4, 0.5) is 0 Å². The van der Waals surface area contributed by atoms with E-state index in [0.717, 1.165) is 32.2 Å². The first-order valence-corrected chi connectivity index (χ1v) is 7.67. The van der Waals surface area contributed by atoms with Crippen LogP contribution in [0, 0.1) is 11.8 Å². The number of amides is 1. The maximum Gasteiger partial charge on any atom is 0.225 e. The van der Waals surface area contributed by atoms with Crippen LogP contribution < -0.4 is 5.73 Å². The monoisotopic (exact) mass is 252 g/mol. The third-order valence-electron chi connectivity index (χ3n) is 4.63. The molecule has 0 atom stereocenters. The third kappa shape index (κ3) is 3.71. The Hall–Kier alpha value is -0.570. The number of carbonyl (C=O) groups is 1. The quantitative estimate of drug-likeness (QED) is 0.839. The molecule has 3 nitrogen and oxygen atoms in total. The molecule has 2 N–H and O–H groups in total. The lowest BCUT2D eigenvalue weighted by Crippen LogP contribution is -2.44. The topological polar surface area (TPSA) is 46.3 Å². The average molecular weight is 252 g/mol. The second-order valence-electron chi connectivity index (χ2n) is 6.36. The van der Waals surface area contributed by atoms with Crippen molar-refractivity contribution < 1.29 is 4.79 Å². The van der Waals surface area contributed by atoms with Crippen LogP contribution in [0.3, 0.4) is 0 Å². The summed E-state index contributed by atoms with van der Waals surface area (Å²) in [6.45, 7) is 0.920. The summed E-state index contributed by atoms with van der Waals surface area (Å²) in [4.78, 5) is 14.4. The van der Waals surface area contributed by atoms with E-state index in [4.69, 9.17) is 5.73 Å². The van der Waals surface area contributed by atoms with Crippen LogP contribution >= 0.6 is 0 Å². The normalized spacial score (nSPS) is 30.1. The molecule has 2 saturated carbocycles. The van der Waals surface area contributed by atoms with Gasteiger partial charge in [-0.2, -0.15) is 0 Å². The zero-order valence-corrected chi connectivity index (χ0v) is 11.7. The van der Waals surface area contributed by atoms with Gasteiger partial charge < -0.3 is 10.6 Å². The SMILES string of the molecule is CN(CC1CC(N)C1)C(=O)C1CCCCCCC1. The van der Waals surface area contributed by atoms with Gasteiger partial charge in [-0.25, -0.2) is 0 Å². The summed E-state index contributed by atoms with van der Waals surface area (Å²) < 4.78 is 0. The van der Waals surface area contributed by atoms with E-state index in [1.54, 1.807) is 0 Å². The minimum Gasteiger partial charge on any atom is -0.345 e. The number of rotatable bonds is 3. The number of hydrogen-bond acceptors (Lipinski definition) is 2. The molecule has 2 rings (SSSR count). The second-order valence-corrected chi connectivity index (χ2v) is 6.36. The van der Waals surface area contributed by atoms with Crippen molar-refractivity contribution in [1.82, 2.24) is 4.90 Å². The Balaban J connectivity index is 1.76. The fraction of sp³-hybridized carbons (Fsp3) is 0.933. The molecular weight excluding hydrogens is 224 g/mol. The Morgan fingerprint density at radius 1 is 1.11 bits per heavy atom. The molecule has 2 fully saturated rings. The lowest BCUT2D eigenvalue weighted by atomic mass is 9.80. The zero-order valence-electron chi connectivity index (χ0n) is 11.7. The summed E-state index contributed by atoms with van der Waals surface area (Å²) in [7, 11) is 1.98. The van der Waals surface area contributed by atoms with E-state index in [1.807, 2.05) is 11.9 Å². The highest BCUT2D eigenvalue weighted by Crippen LogP contribution is 2.28. The highest BCUT2D eigenvalue weighted by molar-refractivity contribution is 5.78. The van der Waals surface area contributed by atoms with E-state index in [9.17, 15) is 4.79 Å². The predicted molar refractivity (Wildman–Crippen MR) is 74.1 cm³/mol. The molecule has 0 saturated heterocycles. The first kappa shape index (κ1) is 13.9. The Bertz CT molecular complexity index is 266. The minimum absolute atomic E-state index is 0.295. The van der Waals surface area contributed by atoms with Crippen molar-refractivity contribution >= 4 is 5.91 Å². The predicted octanol–water partition coefficient (Wildman–Crippen LogP) is 2.54. The molecule has 0 bridgehead atoms. The van der Waals surface area contributed by atoms with Gasteiger partial charge in [0.15, 0.2) is 0 Å². The van der Waals surface area contributed by atoms with E-state index < -0.39 is 0 Å². The van der Waals surface area contributed by atoms with Crippen molar-refractivity contribution in [2.75, 3.05) is 13.6 Å². The molecule has 1 amide bonds. The van der Waals surface area contributed by atoms with Crippen molar-refractivity contribution in [3.8, 4) is 0 Å². The first-order chi connectivity index (χ1) is 8.66. The van der Waals surface area contributed by atoms with Crippen LogP contribution in [-0.2, 0) is 4.79 Å². The van der Waals surface area contributed by atoms with Crippen LogP contribution in [-0.4, -0.2) is 30.4 Å². The van der Waals surface area contributed by atoms with Gasteiger partial charge >= 0.3 is 0 Å². The van der Waals surface area contributed by atoms with Crippen molar-refractivity contribution in [3.63, 3.8) is 0 Å². The highest BCUT2D eigenvalue weighted by atomic mass is 16.2. The van der Waals surface area contributed by atoms with Gasteiger partial charge in [0.25, 0.3) is 0 Å². The Kier molecular flexibility index (Phi) is 5.04. The van der Waals surface area contributed by atoms with Gasteiger partial charge in [0.1, 0.15) is 0 Å². The molecule has 0 aromatic carbocycles. The van der Waals surface area contributed by atoms with Gasteiger partial charge in [0.05, 0.1) is 0 Å². The average Bonchev–Trinajstić information content (AvgIpc) is 2.25. The highest BCUT2D eigenvalue weighted by Gasteiger charge is 2.30. The Morgan fingerprint density at radius 3 is 2.22 bits per heavy atom. The summed E-state index contributed by atoms with van der Waals surface area (Å²) in [5.74, 6) is 1.34. The summed E-state index contributed by atoms with van der Waals surface area (Å²) in [6, 6.07) is 0.389. The van der Waals surface area contributed by atoms with Crippen LogP contribution in [0.5, 0.6) is 0 Å². The van der Waals surface area contributed by atoms with Crippen LogP contribution in [0.25, 0.3) is 0 Å². The van der Waals surface area contributed by atoms with Gasteiger partial charge in [-0.15, -0.1) is 0 Å². The van der Waals surface area contributed by atoms with Crippen molar-refractivity contribution in [2.45, 2.75) is 63.8 Å². The van der Waals surface area contributed by atoms with E-state index in [2.05, 4.69) is 0 Å². The molecule has 18 heavy (non-hydrogen) atoms.